The van der Waals surface area contributed by atoms with Crippen molar-refractivity contribution >= 4 is 64.4 Å². The van der Waals surface area contributed by atoms with E-state index in [9.17, 15) is 10.1 Å². The summed E-state index contributed by atoms with van der Waals surface area (Å²) < 4.78 is 1.52. The maximum absolute atomic E-state index is 11.7. The van der Waals surface area contributed by atoms with Crippen molar-refractivity contribution in [3.05, 3.63) is 56.3 Å². The van der Waals surface area contributed by atoms with Crippen LogP contribution in [-0.2, 0) is 0 Å². The van der Waals surface area contributed by atoms with Crippen LogP contribution in [0.5, 0.6) is 0 Å². The molecular weight excluding hydrogens is 519 g/mol. The molecular formula is C20H19Cl3N10O2. The highest BCUT2D eigenvalue weighted by atomic mass is 35.5. The number of anilines is 3. The lowest BCUT2D eigenvalue weighted by atomic mass is 9.89. The summed E-state index contributed by atoms with van der Waals surface area (Å²) in [6.07, 6.45) is 2.94. The number of aromatic nitrogens is 6. The molecule has 1 aliphatic rings. The summed E-state index contributed by atoms with van der Waals surface area (Å²) in [5.41, 5.74) is 13.0. The first-order valence-electron chi connectivity index (χ1n) is 10.3. The number of nitrogens with two attached hydrogens (primary N) is 2. The highest BCUT2D eigenvalue weighted by Crippen LogP contribution is 2.38. The van der Waals surface area contributed by atoms with Gasteiger partial charge in [0, 0.05) is 35.2 Å². The fraction of sp³-hybridized carbons (Fsp3) is 0.250. The van der Waals surface area contributed by atoms with Gasteiger partial charge in [0.2, 0.25) is 11.5 Å². The van der Waals surface area contributed by atoms with E-state index >= 15 is 0 Å². The summed E-state index contributed by atoms with van der Waals surface area (Å²) in [6.45, 7) is 1.09. The second-order valence-corrected chi connectivity index (χ2v) is 8.74. The highest BCUT2D eigenvalue weighted by Gasteiger charge is 2.32. The molecule has 4 heterocycles. The SMILES string of the molecule is Cl.Nc1cc(C2CCCN(c3nc(-c4ccc(Cl)cc4Cl)nn4cnnc34)C2)c([N+](=O)[O-])c(N)n1. The molecule has 0 radical (unpaired) electrons. The van der Waals surface area contributed by atoms with Crippen molar-refractivity contribution in [2.45, 2.75) is 18.8 Å². The molecule has 4 N–H and O–H groups in total. The van der Waals surface area contributed by atoms with E-state index in [-0.39, 0.29) is 35.6 Å². The van der Waals surface area contributed by atoms with E-state index in [1.54, 1.807) is 18.2 Å². The molecule has 1 aromatic carbocycles. The van der Waals surface area contributed by atoms with Gasteiger partial charge in [-0.25, -0.2) is 9.97 Å². The van der Waals surface area contributed by atoms with E-state index in [0.29, 0.717) is 58.0 Å². The molecule has 0 saturated carbocycles. The Hall–Kier alpha value is -3.48. The molecule has 0 bridgehead atoms. The van der Waals surface area contributed by atoms with Crippen LogP contribution in [-0.4, -0.2) is 47.8 Å². The summed E-state index contributed by atoms with van der Waals surface area (Å²) in [5, 5.41) is 25.2. The summed E-state index contributed by atoms with van der Waals surface area (Å²) in [5.74, 6) is 0.628. The highest BCUT2D eigenvalue weighted by molar-refractivity contribution is 6.36. The predicted molar refractivity (Wildman–Crippen MR) is 135 cm³/mol. The number of halogens is 3. The van der Waals surface area contributed by atoms with Crippen LogP contribution in [0.3, 0.4) is 0 Å². The van der Waals surface area contributed by atoms with Gasteiger partial charge in [-0.05, 0) is 37.1 Å². The maximum Gasteiger partial charge on any atom is 0.314 e. The van der Waals surface area contributed by atoms with Gasteiger partial charge in [0.15, 0.2) is 11.6 Å². The number of nitrogens with zero attached hydrogens (tertiary/aromatic N) is 8. The fourth-order valence-corrected chi connectivity index (χ4v) is 4.75. The molecule has 15 heteroatoms. The molecule has 0 aliphatic carbocycles. The lowest BCUT2D eigenvalue weighted by Gasteiger charge is -2.33. The molecule has 1 fully saturated rings. The normalized spacial score (nSPS) is 15.7. The smallest absolute Gasteiger partial charge is 0.314 e. The average molecular weight is 538 g/mol. The van der Waals surface area contributed by atoms with Gasteiger partial charge in [0.1, 0.15) is 12.1 Å². The molecule has 182 valence electrons. The maximum atomic E-state index is 11.7. The Kier molecular flexibility index (Phi) is 6.79. The summed E-state index contributed by atoms with van der Waals surface area (Å²) in [6, 6.07) is 6.58. The van der Waals surface area contributed by atoms with Crippen LogP contribution in [0.4, 0.5) is 23.1 Å². The predicted octanol–water partition coefficient (Wildman–Crippen LogP) is 3.77. The van der Waals surface area contributed by atoms with Crippen molar-refractivity contribution in [3.8, 4) is 11.4 Å². The Morgan fingerprint density at radius 2 is 1.97 bits per heavy atom. The van der Waals surface area contributed by atoms with Crippen molar-refractivity contribution in [1.29, 1.82) is 0 Å². The van der Waals surface area contributed by atoms with Crippen LogP contribution in [0.15, 0.2) is 30.6 Å². The topological polar surface area (TPSA) is 167 Å². The van der Waals surface area contributed by atoms with Gasteiger partial charge in [-0.3, -0.25) is 10.1 Å². The third-order valence-corrected chi connectivity index (χ3v) is 6.28. The van der Waals surface area contributed by atoms with Gasteiger partial charge in [0.25, 0.3) is 0 Å². The largest absolute Gasteiger partial charge is 0.384 e. The molecule has 0 amide bonds. The molecule has 4 aromatic rings. The Morgan fingerprint density at radius 3 is 2.71 bits per heavy atom. The number of nitrogen functional groups attached to an aromatic ring is 2. The van der Waals surface area contributed by atoms with Gasteiger partial charge in [-0.2, -0.15) is 4.52 Å². The zero-order valence-electron chi connectivity index (χ0n) is 18.0. The Labute approximate surface area is 214 Å². The minimum atomic E-state index is -0.516. The van der Waals surface area contributed by atoms with Gasteiger partial charge in [-0.1, -0.05) is 23.2 Å². The van der Waals surface area contributed by atoms with Gasteiger partial charge in [-0.15, -0.1) is 27.7 Å². The molecule has 5 rings (SSSR count). The molecule has 3 aromatic heterocycles. The molecule has 1 unspecified atom stereocenters. The molecule has 1 aliphatic heterocycles. The van der Waals surface area contributed by atoms with Crippen molar-refractivity contribution in [3.63, 3.8) is 0 Å². The molecule has 12 nitrogen and oxygen atoms in total. The van der Waals surface area contributed by atoms with Gasteiger partial charge < -0.3 is 16.4 Å². The summed E-state index contributed by atoms with van der Waals surface area (Å²) >= 11 is 12.4. The number of hydrogen-bond donors (Lipinski definition) is 2. The third-order valence-electron chi connectivity index (χ3n) is 5.73. The standard InChI is InChI=1S/C20H18Cl2N10O2.ClH/c21-11-3-4-12(14(22)6-11)18-27-19(20-28-25-9-31(20)29-18)30-5-1-2-10(8-30)13-7-15(23)26-17(24)16(13)32(33)34;/h3-4,6-7,9-10H,1-2,5,8H2,(H4,23,24,26);1H. The van der Waals surface area contributed by atoms with E-state index in [1.807, 2.05) is 4.90 Å². The van der Waals surface area contributed by atoms with E-state index in [4.69, 9.17) is 39.7 Å². The van der Waals surface area contributed by atoms with E-state index in [2.05, 4.69) is 20.3 Å². The second kappa shape index (κ2) is 9.64. The van der Waals surface area contributed by atoms with Crippen LogP contribution in [0, 0.1) is 10.1 Å². The minimum absolute atomic E-state index is 0. The fourth-order valence-electron chi connectivity index (χ4n) is 4.26. The molecule has 1 atom stereocenters. The van der Waals surface area contributed by atoms with Crippen molar-refractivity contribution in [1.82, 2.24) is 29.8 Å². The quantitative estimate of drug-likeness (QED) is 0.289. The zero-order chi connectivity index (χ0) is 24.0. The lowest BCUT2D eigenvalue weighted by molar-refractivity contribution is -0.385. The van der Waals surface area contributed by atoms with Crippen molar-refractivity contribution in [2.24, 2.45) is 0 Å². The number of rotatable bonds is 4. The van der Waals surface area contributed by atoms with E-state index < -0.39 is 4.92 Å². The number of nitro groups is 1. The third kappa shape index (κ3) is 4.59. The lowest BCUT2D eigenvalue weighted by Crippen LogP contribution is -2.36. The van der Waals surface area contributed by atoms with Crippen LogP contribution in [0.1, 0.15) is 24.3 Å². The number of hydrogen-bond acceptors (Lipinski definition) is 10. The number of pyridine rings is 1. The summed E-state index contributed by atoms with van der Waals surface area (Å²) in [4.78, 5) is 21.8. The van der Waals surface area contributed by atoms with E-state index in [0.717, 1.165) is 6.42 Å². The first-order chi connectivity index (χ1) is 16.3. The molecule has 1 saturated heterocycles. The first-order valence-corrected chi connectivity index (χ1v) is 11.1. The number of benzene rings is 1. The van der Waals surface area contributed by atoms with Crippen LogP contribution < -0.4 is 16.4 Å². The van der Waals surface area contributed by atoms with Crippen LogP contribution >= 0.6 is 35.6 Å². The Morgan fingerprint density at radius 1 is 1.17 bits per heavy atom. The second-order valence-electron chi connectivity index (χ2n) is 7.89. The molecule has 0 spiro atoms. The Bertz CT molecular complexity index is 1430. The number of piperidine rings is 1. The Balaban J connectivity index is 0.00000289. The van der Waals surface area contributed by atoms with Gasteiger partial charge in [0.05, 0.1) is 9.95 Å². The first kappa shape index (κ1) is 24.6. The van der Waals surface area contributed by atoms with Crippen molar-refractivity contribution in [2.75, 3.05) is 29.5 Å². The number of fused-ring (bicyclic) bond motifs is 1. The van der Waals surface area contributed by atoms with Crippen LogP contribution in [0.25, 0.3) is 17.0 Å². The van der Waals surface area contributed by atoms with Crippen LogP contribution in [0.2, 0.25) is 10.0 Å². The molecule has 35 heavy (non-hydrogen) atoms. The monoisotopic (exact) mass is 536 g/mol. The minimum Gasteiger partial charge on any atom is -0.384 e. The van der Waals surface area contributed by atoms with E-state index in [1.165, 1.54) is 16.9 Å². The van der Waals surface area contributed by atoms with Crippen molar-refractivity contribution < 1.29 is 4.92 Å². The average Bonchev–Trinajstić information content (AvgIpc) is 3.26. The zero-order valence-corrected chi connectivity index (χ0v) is 20.3. The summed E-state index contributed by atoms with van der Waals surface area (Å²) in [7, 11) is 0. The van der Waals surface area contributed by atoms with Gasteiger partial charge >= 0.3 is 5.69 Å².